The molecular weight excluding hydrogens is 704 g/mol. The molecule has 0 spiro atoms. The summed E-state index contributed by atoms with van der Waals surface area (Å²) in [6, 6.07) is 31.7. The second-order valence-corrected chi connectivity index (χ2v) is 18.7. The predicted molar refractivity (Wildman–Crippen MR) is 232 cm³/mol. The van der Waals surface area contributed by atoms with Gasteiger partial charge in [0.1, 0.15) is 24.4 Å². The van der Waals surface area contributed by atoms with Gasteiger partial charge in [-0.2, -0.15) is 0 Å². The lowest BCUT2D eigenvalue weighted by atomic mass is 9.94. The number of hydrogen-bond donors (Lipinski definition) is 1. The van der Waals surface area contributed by atoms with Crippen LogP contribution in [0.4, 0.5) is 4.79 Å². The van der Waals surface area contributed by atoms with E-state index in [4.69, 9.17) is 24.2 Å². The van der Waals surface area contributed by atoms with Gasteiger partial charge < -0.3 is 14.4 Å². The molecule has 1 aliphatic rings. The van der Waals surface area contributed by atoms with E-state index in [0.717, 1.165) is 25.1 Å². The number of carbonyl (C=O) groups is 1. The van der Waals surface area contributed by atoms with Gasteiger partial charge in [-0.05, 0) is 53.0 Å². The Morgan fingerprint density at radius 3 is 1.96 bits per heavy atom. The van der Waals surface area contributed by atoms with E-state index in [1.165, 1.54) is 21.5 Å². The topological polar surface area (TPSA) is 91.1 Å². The molecule has 1 unspecified atom stereocenters. The van der Waals surface area contributed by atoms with Crippen molar-refractivity contribution in [2.45, 2.75) is 78.9 Å². The summed E-state index contributed by atoms with van der Waals surface area (Å²) in [6.07, 6.45) is 10.9. The average Bonchev–Trinajstić information content (AvgIpc) is 3.15. The molecule has 1 heterocycles. The van der Waals surface area contributed by atoms with Gasteiger partial charge >= 0.3 is 6.09 Å². The lowest BCUT2D eigenvalue weighted by Crippen LogP contribution is -2.57. The minimum absolute atomic E-state index is 0.0209. The number of aliphatic imine (C=N–C) groups is 2. The first-order valence-electron chi connectivity index (χ1n) is 19.5. The maximum atomic E-state index is 12.7. The molecule has 3 aromatic rings. The maximum Gasteiger partial charge on any atom is 0.410 e. The SMILES string of the molecule is CCC/C=C\C(=C/C(C)(C)OC)CC(C)C(=NC=NCN=P(c1ccccc1)(c1ccccc1)c1ccccc1)N(CC1CN(C(=O)OC(C)(C)C)C1)NC. The summed E-state index contributed by atoms with van der Waals surface area (Å²) in [5.74, 6) is 1.14. The van der Waals surface area contributed by atoms with Gasteiger partial charge in [0.25, 0.3) is 0 Å². The summed E-state index contributed by atoms with van der Waals surface area (Å²) in [4.78, 5) is 24.4. The van der Waals surface area contributed by atoms with Gasteiger partial charge in [0, 0.05) is 61.5 Å². The summed E-state index contributed by atoms with van der Waals surface area (Å²) >= 11 is 0. The molecule has 1 saturated heterocycles. The van der Waals surface area contributed by atoms with Crippen molar-refractivity contribution in [2.75, 3.05) is 40.5 Å². The lowest BCUT2D eigenvalue weighted by molar-refractivity contribution is -0.00502. The van der Waals surface area contributed by atoms with Crippen LogP contribution in [0, 0.1) is 11.8 Å². The number of hydrazine groups is 1. The molecule has 1 fully saturated rings. The lowest BCUT2D eigenvalue weighted by Gasteiger charge is -2.42. The van der Waals surface area contributed by atoms with Crippen LogP contribution in [0.5, 0.6) is 0 Å². The molecule has 0 bridgehead atoms. The molecule has 1 aliphatic heterocycles. The van der Waals surface area contributed by atoms with Crippen LogP contribution in [0.1, 0.15) is 67.7 Å². The largest absolute Gasteiger partial charge is 0.444 e. The third-order valence-corrected chi connectivity index (χ3v) is 13.1. The highest BCUT2D eigenvalue weighted by Crippen LogP contribution is 2.46. The van der Waals surface area contributed by atoms with Gasteiger partial charge in [-0.15, -0.1) is 0 Å². The molecule has 0 radical (unpaired) electrons. The number of benzene rings is 3. The van der Waals surface area contributed by atoms with Crippen molar-refractivity contribution in [3.63, 3.8) is 0 Å². The summed E-state index contributed by atoms with van der Waals surface area (Å²) in [6.45, 7) is 16.4. The number of allylic oxidation sites excluding steroid dienone is 3. The minimum Gasteiger partial charge on any atom is -0.444 e. The number of ether oxygens (including phenoxy) is 2. The van der Waals surface area contributed by atoms with Gasteiger partial charge in [-0.25, -0.2) is 15.2 Å². The molecule has 0 aromatic heterocycles. The van der Waals surface area contributed by atoms with Crippen LogP contribution < -0.4 is 21.3 Å². The fraction of sp³-hybridized carbons (Fsp3) is 0.444. The molecule has 1 N–H and O–H groups in total. The van der Waals surface area contributed by atoms with Crippen molar-refractivity contribution < 1.29 is 14.3 Å². The van der Waals surface area contributed by atoms with Crippen LogP contribution in [0.15, 0.2) is 130 Å². The van der Waals surface area contributed by atoms with E-state index in [9.17, 15) is 4.79 Å². The van der Waals surface area contributed by atoms with Gasteiger partial charge in [0.15, 0.2) is 0 Å². The summed E-state index contributed by atoms with van der Waals surface area (Å²) < 4.78 is 16.9. The van der Waals surface area contributed by atoms with Gasteiger partial charge in [0.05, 0.1) is 12.7 Å². The Morgan fingerprint density at radius 2 is 1.49 bits per heavy atom. The zero-order chi connectivity index (χ0) is 39.9. The number of rotatable bonds is 17. The fourth-order valence-corrected chi connectivity index (χ4v) is 10.1. The molecule has 9 nitrogen and oxygen atoms in total. The average molecular weight is 767 g/mol. The highest BCUT2D eigenvalue weighted by atomic mass is 31.2. The normalized spacial score (nSPS) is 15.3. The van der Waals surface area contributed by atoms with Gasteiger partial charge in [0.2, 0.25) is 0 Å². The molecule has 296 valence electrons. The van der Waals surface area contributed by atoms with Crippen molar-refractivity contribution in [3.05, 3.63) is 115 Å². The summed E-state index contributed by atoms with van der Waals surface area (Å²) in [7, 11) is 1.27. The summed E-state index contributed by atoms with van der Waals surface area (Å²) in [5, 5.41) is 5.64. The van der Waals surface area contributed by atoms with Crippen LogP contribution in [-0.4, -0.2) is 79.8 Å². The first-order chi connectivity index (χ1) is 26.3. The zero-order valence-electron chi connectivity index (χ0n) is 34.5. The standard InChI is InChI=1S/C45H63N6O3P/c1-10-11-15-22-37(30-45(6,7)53-9)29-36(2)42(51(46-8)33-38-31-50(32-38)43(52)54-44(3,4)5)48-34-47-35-49-55(39-23-16-12-17-24-39,40-25-18-13-19-26-40)41-27-20-14-21-28-41/h12-28,30,34,36,38,46H,10-11,29,31-33,35H2,1-9H3/b22-15-,37-30+,47-34?,48-42?. The van der Waals surface area contributed by atoms with Gasteiger partial charge in [-0.1, -0.05) is 129 Å². The first-order valence-corrected chi connectivity index (χ1v) is 21.2. The number of hydrogen-bond acceptors (Lipinski definition) is 6. The molecule has 1 amide bonds. The van der Waals surface area contributed by atoms with Crippen molar-refractivity contribution >= 4 is 41.2 Å². The number of amides is 1. The molecule has 4 rings (SSSR count). The van der Waals surface area contributed by atoms with E-state index < -0.39 is 18.3 Å². The van der Waals surface area contributed by atoms with Crippen LogP contribution in [0.25, 0.3) is 0 Å². The Kier molecular flexibility index (Phi) is 16.2. The van der Waals surface area contributed by atoms with E-state index in [1.807, 2.05) is 46.0 Å². The smallest absolute Gasteiger partial charge is 0.410 e. The third-order valence-electron chi connectivity index (χ3n) is 9.44. The van der Waals surface area contributed by atoms with E-state index in [-0.39, 0.29) is 24.6 Å². The number of methoxy groups -OCH3 is 1. The predicted octanol–water partition coefficient (Wildman–Crippen LogP) is 8.59. The number of unbranched alkanes of at least 4 members (excludes halogenated alkanes) is 1. The highest BCUT2D eigenvalue weighted by Gasteiger charge is 2.35. The third kappa shape index (κ3) is 12.6. The zero-order valence-corrected chi connectivity index (χ0v) is 35.4. The minimum atomic E-state index is -2.39. The van der Waals surface area contributed by atoms with Crippen LogP contribution in [-0.2, 0) is 9.47 Å². The second-order valence-electron chi connectivity index (χ2n) is 15.6. The summed E-state index contributed by atoms with van der Waals surface area (Å²) in [5.41, 5.74) is 3.64. The second kappa shape index (κ2) is 20.6. The molecule has 1 atom stereocenters. The van der Waals surface area contributed by atoms with E-state index in [2.05, 4.69) is 129 Å². The molecule has 10 heteroatoms. The van der Waals surface area contributed by atoms with Crippen molar-refractivity contribution in [2.24, 2.45) is 26.6 Å². The number of amidine groups is 1. The maximum absolute atomic E-state index is 12.7. The molecule has 55 heavy (non-hydrogen) atoms. The Hall–Kier alpha value is -4.30. The Labute approximate surface area is 330 Å². The Morgan fingerprint density at radius 1 is 0.945 bits per heavy atom. The molecule has 0 saturated carbocycles. The van der Waals surface area contributed by atoms with E-state index in [0.29, 0.717) is 19.6 Å². The molecule has 3 aromatic carbocycles. The number of nitrogens with one attached hydrogen (secondary N) is 1. The Balaban J connectivity index is 1.70. The van der Waals surface area contributed by atoms with Crippen molar-refractivity contribution in [1.29, 1.82) is 0 Å². The van der Waals surface area contributed by atoms with Crippen LogP contribution >= 0.6 is 7.05 Å². The number of likely N-dealkylation sites (tertiary alicyclic amines) is 1. The monoisotopic (exact) mass is 766 g/mol. The fourth-order valence-electron chi connectivity index (χ4n) is 6.60. The van der Waals surface area contributed by atoms with Crippen LogP contribution in [0.3, 0.4) is 0 Å². The van der Waals surface area contributed by atoms with Gasteiger partial charge in [-0.3, -0.25) is 14.7 Å². The van der Waals surface area contributed by atoms with Crippen LogP contribution in [0.2, 0.25) is 0 Å². The molecule has 0 aliphatic carbocycles. The number of carbonyl (C=O) groups excluding carboxylic acids is 1. The van der Waals surface area contributed by atoms with Crippen molar-refractivity contribution in [3.8, 4) is 0 Å². The van der Waals surface area contributed by atoms with Crippen molar-refractivity contribution in [1.82, 2.24) is 15.3 Å². The number of nitrogens with zero attached hydrogens (tertiary/aromatic N) is 5. The van der Waals surface area contributed by atoms with E-state index in [1.54, 1.807) is 18.3 Å². The molecular formula is C45H63N6O3P. The first kappa shape index (κ1) is 43.4. The van der Waals surface area contributed by atoms with E-state index >= 15 is 0 Å². The highest BCUT2D eigenvalue weighted by molar-refractivity contribution is 7.87. The quantitative estimate of drug-likeness (QED) is 0.0489. The Bertz CT molecular complexity index is 1710.